The van der Waals surface area contributed by atoms with E-state index in [0.717, 1.165) is 0 Å². The summed E-state index contributed by atoms with van der Waals surface area (Å²) < 4.78 is 10.1. The van der Waals surface area contributed by atoms with Crippen molar-refractivity contribution < 1.29 is 19.1 Å². The summed E-state index contributed by atoms with van der Waals surface area (Å²) in [6, 6.07) is 13.7. The molecule has 7 nitrogen and oxygen atoms in total. The number of hydrogen-bond acceptors (Lipinski definition) is 6. The molecule has 0 atom stereocenters. The maximum atomic E-state index is 12.4. The van der Waals surface area contributed by atoms with Crippen LogP contribution < -0.4 is 16.8 Å². The first-order chi connectivity index (χ1) is 15.1. The molecule has 0 aliphatic heterocycles. The van der Waals surface area contributed by atoms with Crippen LogP contribution in [-0.2, 0) is 14.3 Å². The molecule has 0 saturated heterocycles. The number of alkyl carbamates (subject to hydrolysis) is 1. The second-order valence-electron chi connectivity index (χ2n) is 7.61. The van der Waals surface area contributed by atoms with E-state index < -0.39 is 17.7 Å². The zero-order valence-electron chi connectivity index (χ0n) is 18.4. The summed E-state index contributed by atoms with van der Waals surface area (Å²) in [5, 5.41) is 2.41. The number of hydrogen-bond donors (Lipinski definition) is 3. The fourth-order valence-corrected chi connectivity index (χ4v) is 2.28. The van der Waals surface area contributed by atoms with E-state index in [2.05, 4.69) is 29.0 Å². The van der Waals surface area contributed by atoms with Crippen molar-refractivity contribution in [1.29, 1.82) is 0 Å². The molecule has 0 heterocycles. The highest BCUT2D eigenvalue weighted by Crippen LogP contribution is 2.11. The number of amides is 1. The Hall–Kier alpha value is -4.36. The molecule has 5 N–H and O–H groups in total. The highest BCUT2D eigenvalue weighted by atomic mass is 16.6. The number of allylic oxidation sites excluding steroid dienone is 1. The molecular weight excluding hydrogens is 406 g/mol. The van der Waals surface area contributed by atoms with Gasteiger partial charge in [-0.25, -0.2) is 9.59 Å². The predicted octanol–water partition coefficient (Wildman–Crippen LogP) is 3.21. The lowest BCUT2D eigenvalue weighted by atomic mass is 10.1. The standard InChI is InChI=1S/C25H25N3O4/c1-25(2,3)32-24(30)28-22(23(29)31-4)19(11-5-17-7-13-20(26)14-8-17)12-6-18-9-15-21(27)16-10-18/h7-10,13-16H,26-27H2,1-4H3,(H,28,30). The average Bonchev–Trinajstić information content (AvgIpc) is 2.73. The summed E-state index contributed by atoms with van der Waals surface area (Å²) in [4.78, 5) is 24.8. The van der Waals surface area contributed by atoms with Crippen molar-refractivity contribution in [2.45, 2.75) is 26.4 Å². The second-order valence-corrected chi connectivity index (χ2v) is 7.61. The first-order valence-corrected chi connectivity index (χ1v) is 9.65. The number of benzene rings is 2. The quantitative estimate of drug-likeness (QED) is 0.291. The lowest BCUT2D eigenvalue weighted by Crippen LogP contribution is -2.35. The summed E-state index contributed by atoms with van der Waals surface area (Å²) >= 11 is 0. The Morgan fingerprint density at radius 1 is 0.844 bits per heavy atom. The van der Waals surface area contributed by atoms with E-state index >= 15 is 0 Å². The van der Waals surface area contributed by atoms with Crippen LogP contribution in [0.25, 0.3) is 0 Å². The van der Waals surface area contributed by atoms with Crippen molar-refractivity contribution in [2.24, 2.45) is 0 Å². The smallest absolute Gasteiger partial charge is 0.412 e. The Morgan fingerprint density at radius 2 is 1.28 bits per heavy atom. The van der Waals surface area contributed by atoms with Gasteiger partial charge in [0.15, 0.2) is 5.70 Å². The van der Waals surface area contributed by atoms with Crippen molar-refractivity contribution in [3.05, 3.63) is 70.9 Å². The largest absolute Gasteiger partial charge is 0.464 e. The van der Waals surface area contributed by atoms with Crippen molar-refractivity contribution in [3.63, 3.8) is 0 Å². The van der Waals surface area contributed by atoms with Crippen LogP contribution in [0, 0.1) is 23.7 Å². The molecule has 0 aromatic heterocycles. The highest BCUT2D eigenvalue weighted by molar-refractivity contribution is 5.95. The minimum absolute atomic E-state index is 0.0522. The number of nitrogen functional groups attached to an aromatic ring is 2. The molecule has 0 bridgehead atoms. The molecule has 2 aromatic rings. The Labute approximate surface area is 187 Å². The average molecular weight is 431 g/mol. The minimum Gasteiger partial charge on any atom is -0.464 e. The lowest BCUT2D eigenvalue weighted by Gasteiger charge is -2.20. The molecule has 0 aliphatic rings. The van der Waals surface area contributed by atoms with Crippen LogP contribution in [0.4, 0.5) is 16.2 Å². The van der Waals surface area contributed by atoms with E-state index in [0.29, 0.717) is 22.5 Å². The van der Waals surface area contributed by atoms with E-state index in [-0.39, 0.29) is 11.3 Å². The van der Waals surface area contributed by atoms with E-state index in [4.69, 9.17) is 20.9 Å². The van der Waals surface area contributed by atoms with Crippen LogP contribution in [0.2, 0.25) is 0 Å². The zero-order chi connectivity index (χ0) is 23.7. The van der Waals surface area contributed by atoms with Gasteiger partial charge in [0, 0.05) is 22.5 Å². The first-order valence-electron chi connectivity index (χ1n) is 9.65. The van der Waals surface area contributed by atoms with Gasteiger partial charge in [-0.1, -0.05) is 11.8 Å². The Balaban J connectivity index is 2.56. The zero-order valence-corrected chi connectivity index (χ0v) is 18.4. The predicted molar refractivity (Wildman–Crippen MR) is 124 cm³/mol. The fourth-order valence-electron chi connectivity index (χ4n) is 2.28. The van der Waals surface area contributed by atoms with Crippen LogP contribution in [0.15, 0.2) is 59.8 Å². The number of ether oxygens (including phenoxy) is 2. The van der Waals surface area contributed by atoms with Crippen LogP contribution in [0.1, 0.15) is 31.9 Å². The van der Waals surface area contributed by atoms with Gasteiger partial charge in [-0.05, 0) is 81.1 Å². The molecular formula is C25H25N3O4. The minimum atomic E-state index is -0.834. The van der Waals surface area contributed by atoms with Crippen molar-refractivity contribution in [2.75, 3.05) is 18.6 Å². The van der Waals surface area contributed by atoms with Crippen LogP contribution in [-0.4, -0.2) is 24.8 Å². The fraction of sp³-hybridized carbons (Fsp3) is 0.200. The normalized spacial score (nSPS) is 9.88. The first kappa shape index (κ1) is 23.9. The van der Waals surface area contributed by atoms with Crippen molar-refractivity contribution >= 4 is 23.4 Å². The molecule has 0 saturated carbocycles. The van der Waals surface area contributed by atoms with E-state index in [9.17, 15) is 9.59 Å². The third-order valence-corrected chi connectivity index (χ3v) is 3.75. The molecule has 2 aromatic carbocycles. The molecule has 0 spiro atoms. The molecule has 0 fully saturated rings. The summed E-state index contributed by atoms with van der Waals surface area (Å²) in [5.74, 6) is 10.7. The highest BCUT2D eigenvalue weighted by Gasteiger charge is 2.22. The van der Waals surface area contributed by atoms with Gasteiger partial charge in [0.05, 0.1) is 7.11 Å². The summed E-state index contributed by atoms with van der Waals surface area (Å²) in [6.45, 7) is 5.12. The van der Waals surface area contributed by atoms with Gasteiger partial charge in [-0.3, -0.25) is 5.32 Å². The Kier molecular flexibility index (Phi) is 7.92. The topological polar surface area (TPSA) is 117 Å². The number of rotatable bonds is 2. The van der Waals surface area contributed by atoms with Crippen LogP contribution in [0.3, 0.4) is 0 Å². The van der Waals surface area contributed by atoms with Gasteiger partial charge in [-0.15, -0.1) is 0 Å². The molecule has 0 radical (unpaired) electrons. The third-order valence-electron chi connectivity index (χ3n) is 3.75. The van der Waals surface area contributed by atoms with E-state index in [1.807, 2.05) is 0 Å². The number of nitrogens with one attached hydrogen (secondary N) is 1. The maximum absolute atomic E-state index is 12.4. The Morgan fingerprint density at radius 3 is 1.66 bits per heavy atom. The van der Waals surface area contributed by atoms with Crippen LogP contribution in [0.5, 0.6) is 0 Å². The molecule has 32 heavy (non-hydrogen) atoms. The number of esters is 1. The summed E-state index contributed by atoms with van der Waals surface area (Å²) in [5.41, 5.74) is 12.9. The Bertz CT molecular complexity index is 1070. The van der Waals surface area contributed by atoms with Crippen LogP contribution >= 0.6 is 0 Å². The number of nitrogens with two attached hydrogens (primary N) is 2. The second kappa shape index (κ2) is 10.6. The van der Waals surface area contributed by atoms with Gasteiger partial charge in [0.2, 0.25) is 0 Å². The third kappa shape index (κ3) is 7.81. The van der Waals surface area contributed by atoms with Gasteiger partial charge < -0.3 is 20.9 Å². The van der Waals surface area contributed by atoms with Gasteiger partial charge in [0.25, 0.3) is 0 Å². The van der Waals surface area contributed by atoms with Crippen molar-refractivity contribution in [1.82, 2.24) is 5.32 Å². The molecule has 2 rings (SSSR count). The monoisotopic (exact) mass is 431 g/mol. The molecule has 7 heteroatoms. The van der Waals surface area contributed by atoms with Gasteiger partial charge in [0.1, 0.15) is 11.2 Å². The SMILES string of the molecule is COC(=O)C(NC(=O)OC(C)(C)C)=C(C#Cc1ccc(N)cc1)C#Cc1ccc(N)cc1. The lowest BCUT2D eigenvalue weighted by molar-refractivity contribution is -0.136. The number of carbonyl (C=O) groups is 2. The molecule has 1 amide bonds. The number of methoxy groups -OCH3 is 1. The van der Waals surface area contributed by atoms with Crippen molar-refractivity contribution in [3.8, 4) is 23.7 Å². The maximum Gasteiger partial charge on any atom is 0.412 e. The molecule has 0 aliphatic carbocycles. The van der Waals surface area contributed by atoms with E-state index in [1.54, 1.807) is 69.3 Å². The van der Waals surface area contributed by atoms with Gasteiger partial charge in [-0.2, -0.15) is 0 Å². The number of anilines is 2. The van der Waals surface area contributed by atoms with Gasteiger partial charge >= 0.3 is 12.1 Å². The number of carbonyl (C=O) groups excluding carboxylic acids is 2. The summed E-state index contributed by atoms with van der Waals surface area (Å²) in [7, 11) is 1.19. The summed E-state index contributed by atoms with van der Waals surface area (Å²) in [6.07, 6.45) is -0.834. The molecule has 0 unspecified atom stereocenters. The molecule has 164 valence electrons. The van der Waals surface area contributed by atoms with E-state index in [1.165, 1.54) is 7.11 Å².